The molecule has 0 saturated carbocycles. The molecule has 39 heavy (non-hydrogen) atoms. The van der Waals surface area contributed by atoms with Crippen LogP contribution in [0.3, 0.4) is 0 Å². The summed E-state index contributed by atoms with van der Waals surface area (Å²) in [6.45, 7) is 8.31. The molecule has 1 N–H and O–H groups in total. The third kappa shape index (κ3) is 6.73. The number of hydrogen-bond acceptors (Lipinski definition) is 5. The molecule has 0 aliphatic rings. The minimum atomic E-state index is -3.95. The number of nitrogens with one attached hydrogen (secondary N) is 1. The lowest BCUT2D eigenvalue weighted by Crippen LogP contribution is -2.39. The van der Waals surface area contributed by atoms with Crippen molar-refractivity contribution in [3.05, 3.63) is 84.1 Å². The van der Waals surface area contributed by atoms with Crippen molar-refractivity contribution in [2.24, 2.45) is 0 Å². The second-order valence-corrected chi connectivity index (χ2v) is 12.6. The number of rotatable bonds is 10. The van der Waals surface area contributed by atoms with Crippen LogP contribution in [-0.4, -0.2) is 55.2 Å². The molecule has 0 aliphatic heterocycles. The molecule has 0 unspecified atom stereocenters. The number of amides is 1. The van der Waals surface area contributed by atoms with E-state index in [0.29, 0.717) is 18.8 Å². The Morgan fingerprint density at radius 2 is 1.74 bits per heavy atom. The van der Waals surface area contributed by atoms with Crippen molar-refractivity contribution in [1.29, 1.82) is 0 Å². The highest BCUT2D eigenvalue weighted by molar-refractivity contribution is 7.89. The standard InChI is InChI=1S/C30H36N4O4S/c1-22-10-8-13-25(18-22)34-28(20-27(32-34)30(2,3)4)31-29(35)21-33(16-9-17-38-5)39(36,37)26-15-14-23-11-6-7-12-24(23)19-26/h6-8,10-15,18-20H,9,16-17,21H2,1-5H3,(H,31,35). The zero-order valence-corrected chi connectivity index (χ0v) is 24.0. The number of benzene rings is 3. The van der Waals surface area contributed by atoms with E-state index in [9.17, 15) is 13.2 Å². The number of methoxy groups -OCH3 is 1. The van der Waals surface area contributed by atoms with E-state index in [1.807, 2.05) is 61.5 Å². The monoisotopic (exact) mass is 548 g/mol. The van der Waals surface area contributed by atoms with Gasteiger partial charge in [-0.2, -0.15) is 9.40 Å². The Morgan fingerprint density at radius 1 is 1.00 bits per heavy atom. The number of carbonyl (C=O) groups is 1. The van der Waals surface area contributed by atoms with Crippen molar-refractivity contribution in [3.8, 4) is 5.69 Å². The number of sulfonamides is 1. The zero-order chi connectivity index (χ0) is 28.2. The van der Waals surface area contributed by atoms with Crippen LogP contribution in [0.4, 0.5) is 5.82 Å². The van der Waals surface area contributed by atoms with Crippen LogP contribution in [0.5, 0.6) is 0 Å². The molecule has 0 fully saturated rings. The van der Waals surface area contributed by atoms with E-state index in [1.165, 1.54) is 4.31 Å². The molecule has 0 aliphatic carbocycles. The third-order valence-electron chi connectivity index (χ3n) is 6.43. The van der Waals surface area contributed by atoms with Gasteiger partial charge >= 0.3 is 0 Å². The second-order valence-electron chi connectivity index (χ2n) is 10.7. The maximum Gasteiger partial charge on any atom is 0.243 e. The van der Waals surface area contributed by atoms with Crippen LogP contribution in [-0.2, 0) is 25.0 Å². The van der Waals surface area contributed by atoms with Crippen molar-refractivity contribution < 1.29 is 17.9 Å². The van der Waals surface area contributed by atoms with E-state index >= 15 is 0 Å². The summed E-state index contributed by atoms with van der Waals surface area (Å²) in [5.41, 5.74) is 2.42. The molecule has 9 heteroatoms. The van der Waals surface area contributed by atoms with Crippen molar-refractivity contribution in [2.75, 3.05) is 32.1 Å². The van der Waals surface area contributed by atoms with Crippen molar-refractivity contribution >= 4 is 32.5 Å². The van der Waals surface area contributed by atoms with Gasteiger partial charge < -0.3 is 10.1 Å². The molecule has 0 atom stereocenters. The van der Waals surface area contributed by atoms with Gasteiger partial charge in [-0.05, 0) is 53.9 Å². The molecular weight excluding hydrogens is 512 g/mol. The first kappa shape index (κ1) is 28.5. The summed E-state index contributed by atoms with van der Waals surface area (Å²) in [4.78, 5) is 13.5. The van der Waals surface area contributed by atoms with Gasteiger partial charge in [-0.15, -0.1) is 0 Å². The fraction of sp³-hybridized carbons (Fsp3) is 0.333. The molecule has 1 heterocycles. The fourth-order valence-electron chi connectivity index (χ4n) is 4.28. The van der Waals surface area contributed by atoms with Gasteiger partial charge in [0, 0.05) is 31.7 Å². The van der Waals surface area contributed by atoms with Crippen LogP contribution in [0.2, 0.25) is 0 Å². The van der Waals surface area contributed by atoms with Crippen LogP contribution in [0.25, 0.3) is 16.5 Å². The van der Waals surface area contributed by atoms with Gasteiger partial charge in [0.15, 0.2) is 0 Å². The molecule has 1 aromatic heterocycles. The maximum atomic E-state index is 13.7. The van der Waals surface area contributed by atoms with E-state index in [1.54, 1.807) is 30.0 Å². The van der Waals surface area contributed by atoms with Crippen molar-refractivity contribution in [2.45, 2.75) is 44.4 Å². The molecule has 1 amide bonds. The lowest BCUT2D eigenvalue weighted by molar-refractivity contribution is -0.116. The van der Waals surface area contributed by atoms with Crippen LogP contribution in [0, 0.1) is 6.92 Å². The summed E-state index contributed by atoms with van der Waals surface area (Å²) >= 11 is 0. The van der Waals surface area contributed by atoms with Crippen molar-refractivity contribution in [1.82, 2.24) is 14.1 Å². The fourth-order valence-corrected chi connectivity index (χ4v) is 5.75. The first-order valence-corrected chi connectivity index (χ1v) is 14.4. The molecular formula is C30H36N4O4S. The first-order valence-electron chi connectivity index (χ1n) is 12.9. The molecule has 0 bridgehead atoms. The Morgan fingerprint density at radius 3 is 2.44 bits per heavy atom. The van der Waals surface area contributed by atoms with E-state index in [2.05, 4.69) is 26.1 Å². The molecule has 0 radical (unpaired) electrons. The first-order chi connectivity index (χ1) is 18.5. The van der Waals surface area contributed by atoms with Gasteiger partial charge in [0.2, 0.25) is 15.9 Å². The number of carbonyl (C=O) groups excluding carboxylic acids is 1. The summed E-state index contributed by atoms with van der Waals surface area (Å²) in [5.74, 6) is 0.0292. The lowest BCUT2D eigenvalue weighted by Gasteiger charge is -2.22. The quantitative estimate of drug-likeness (QED) is 0.272. The Labute approximate surface area is 230 Å². The minimum Gasteiger partial charge on any atom is -0.385 e. The van der Waals surface area contributed by atoms with Crippen molar-refractivity contribution in [3.63, 3.8) is 0 Å². The number of nitrogens with zero attached hydrogens (tertiary/aromatic N) is 3. The van der Waals surface area contributed by atoms with Gasteiger partial charge in [-0.1, -0.05) is 63.2 Å². The molecule has 3 aromatic carbocycles. The maximum absolute atomic E-state index is 13.7. The number of fused-ring (bicyclic) bond motifs is 1. The minimum absolute atomic E-state index is 0.140. The van der Waals surface area contributed by atoms with Gasteiger partial charge in [-0.3, -0.25) is 4.79 Å². The molecule has 8 nitrogen and oxygen atoms in total. The number of anilines is 1. The van der Waals surface area contributed by atoms with Gasteiger partial charge in [0.25, 0.3) is 0 Å². The smallest absolute Gasteiger partial charge is 0.243 e. The summed E-state index contributed by atoms with van der Waals surface area (Å²) < 4.78 is 35.5. The Kier molecular flexibility index (Phi) is 8.54. The number of hydrogen-bond donors (Lipinski definition) is 1. The van der Waals surface area contributed by atoms with Crippen LogP contribution in [0.1, 0.15) is 38.4 Å². The van der Waals surface area contributed by atoms with Gasteiger partial charge in [-0.25, -0.2) is 13.1 Å². The summed E-state index contributed by atoms with van der Waals surface area (Å²) in [6.07, 6.45) is 0.450. The summed E-state index contributed by atoms with van der Waals surface area (Å²) in [7, 11) is -2.39. The lowest BCUT2D eigenvalue weighted by atomic mass is 9.92. The highest BCUT2D eigenvalue weighted by Crippen LogP contribution is 2.27. The molecule has 0 saturated heterocycles. The normalized spacial score (nSPS) is 12.3. The predicted molar refractivity (Wildman–Crippen MR) is 155 cm³/mol. The Hall–Kier alpha value is -3.53. The Bertz CT molecular complexity index is 1570. The predicted octanol–water partition coefficient (Wildman–Crippen LogP) is 5.30. The van der Waals surface area contributed by atoms with Gasteiger partial charge in [0.05, 0.1) is 22.8 Å². The highest BCUT2D eigenvalue weighted by Gasteiger charge is 2.28. The average Bonchev–Trinajstić information content (AvgIpc) is 3.32. The topological polar surface area (TPSA) is 93.5 Å². The SMILES string of the molecule is COCCCN(CC(=O)Nc1cc(C(C)(C)C)nn1-c1cccc(C)c1)S(=O)(=O)c1ccc2ccccc2c1. The molecule has 4 aromatic rings. The molecule has 206 valence electrons. The summed E-state index contributed by atoms with van der Waals surface area (Å²) in [5, 5.41) is 9.44. The van der Waals surface area contributed by atoms with Crippen LogP contribution < -0.4 is 5.32 Å². The second kappa shape index (κ2) is 11.7. The molecule has 0 spiro atoms. The van der Waals surface area contributed by atoms with Crippen LogP contribution in [0.15, 0.2) is 77.7 Å². The number of ether oxygens (including phenoxy) is 1. The number of aromatic nitrogens is 2. The number of aryl methyl sites for hydroxylation is 1. The average molecular weight is 549 g/mol. The van der Waals surface area contributed by atoms with E-state index < -0.39 is 15.9 Å². The van der Waals surface area contributed by atoms with E-state index in [-0.39, 0.29) is 23.4 Å². The highest BCUT2D eigenvalue weighted by atomic mass is 32.2. The zero-order valence-electron chi connectivity index (χ0n) is 23.1. The third-order valence-corrected chi connectivity index (χ3v) is 8.27. The molecule has 4 rings (SSSR count). The van der Waals surface area contributed by atoms with E-state index in [0.717, 1.165) is 27.7 Å². The van der Waals surface area contributed by atoms with Crippen LogP contribution >= 0.6 is 0 Å². The van der Waals surface area contributed by atoms with Gasteiger partial charge in [0.1, 0.15) is 5.82 Å². The Balaban J connectivity index is 1.63. The largest absolute Gasteiger partial charge is 0.385 e. The van der Waals surface area contributed by atoms with E-state index in [4.69, 9.17) is 9.84 Å². The summed E-state index contributed by atoms with van der Waals surface area (Å²) in [6, 6.07) is 22.3.